The third-order valence-corrected chi connectivity index (χ3v) is 5.98. The summed E-state index contributed by atoms with van der Waals surface area (Å²) in [4.78, 5) is 17.2. The van der Waals surface area contributed by atoms with E-state index >= 15 is 0 Å². The van der Waals surface area contributed by atoms with Crippen molar-refractivity contribution in [1.29, 1.82) is 0 Å². The zero-order valence-electron chi connectivity index (χ0n) is 15.9. The van der Waals surface area contributed by atoms with Crippen LogP contribution in [0.15, 0.2) is 76.6 Å². The summed E-state index contributed by atoms with van der Waals surface area (Å²) in [5, 5.41) is 4.59. The zero-order valence-corrected chi connectivity index (χ0v) is 19.0. The Labute approximate surface area is 198 Å². The molecule has 0 aromatic heterocycles. The Morgan fingerprint density at radius 3 is 2.32 bits per heavy atom. The average Bonchev–Trinajstić information content (AvgIpc) is 3.08. The van der Waals surface area contributed by atoms with Crippen LogP contribution in [0.25, 0.3) is 6.08 Å². The van der Waals surface area contributed by atoms with Crippen molar-refractivity contribution in [3.8, 4) is 5.75 Å². The van der Waals surface area contributed by atoms with E-state index in [1.165, 1.54) is 11.8 Å². The Kier molecular flexibility index (Phi) is 6.88. The van der Waals surface area contributed by atoms with Crippen molar-refractivity contribution in [1.82, 2.24) is 5.32 Å². The molecule has 4 nitrogen and oxygen atoms in total. The van der Waals surface area contributed by atoms with Gasteiger partial charge < -0.3 is 10.1 Å². The lowest BCUT2D eigenvalue weighted by Crippen LogP contribution is -2.19. The van der Waals surface area contributed by atoms with Crippen LogP contribution in [0.4, 0.5) is 5.69 Å². The first-order chi connectivity index (χ1) is 15.0. The fourth-order valence-electron chi connectivity index (χ4n) is 2.80. The highest BCUT2D eigenvalue weighted by Gasteiger charge is 2.24. The molecular weight excluding hydrogens is 475 g/mol. The van der Waals surface area contributed by atoms with E-state index in [0.29, 0.717) is 48.7 Å². The van der Waals surface area contributed by atoms with Gasteiger partial charge in [0.15, 0.2) is 10.9 Å². The zero-order chi connectivity index (χ0) is 21.8. The highest BCUT2D eigenvalue weighted by molar-refractivity contribution is 8.18. The Morgan fingerprint density at radius 1 is 0.968 bits per heavy atom. The number of thioether (sulfide) groups is 1. The molecule has 1 N–H and O–H groups in total. The number of nitrogens with zero attached hydrogens (tertiary/aromatic N) is 1. The first-order valence-electron chi connectivity index (χ1n) is 9.19. The predicted octanol–water partition coefficient (Wildman–Crippen LogP) is 7.12. The van der Waals surface area contributed by atoms with Gasteiger partial charge in [-0.3, -0.25) is 4.79 Å². The minimum absolute atomic E-state index is 0.241. The maximum atomic E-state index is 12.3. The van der Waals surface area contributed by atoms with E-state index in [9.17, 15) is 4.79 Å². The highest BCUT2D eigenvalue weighted by atomic mass is 35.5. The van der Waals surface area contributed by atoms with Crippen molar-refractivity contribution < 1.29 is 9.53 Å². The number of aliphatic imine (C=N–C) groups is 1. The van der Waals surface area contributed by atoms with Gasteiger partial charge in [-0.05, 0) is 65.4 Å². The summed E-state index contributed by atoms with van der Waals surface area (Å²) in [6.07, 6.45) is 1.71. The number of nitrogens with one attached hydrogen (secondary N) is 1. The van der Waals surface area contributed by atoms with E-state index in [-0.39, 0.29) is 5.91 Å². The standard InChI is InChI=1S/C23H15Cl3N2O2S/c24-16-6-8-17(9-7-16)27-23-28-22(29)20(31-23)12-15-10-18(25)21(19(26)11-15)30-13-14-4-2-1-3-5-14/h1-12H,13H2,(H,27,28,29)/b20-12-. The maximum Gasteiger partial charge on any atom is 0.264 e. The second-order valence-corrected chi connectivity index (χ2v) is 8.83. The van der Waals surface area contributed by atoms with Gasteiger partial charge >= 0.3 is 0 Å². The fraction of sp³-hybridized carbons (Fsp3) is 0.0435. The van der Waals surface area contributed by atoms with Gasteiger partial charge in [0.05, 0.1) is 20.6 Å². The molecule has 1 heterocycles. The first kappa shape index (κ1) is 21.8. The number of amides is 1. The Balaban J connectivity index is 1.50. The van der Waals surface area contributed by atoms with Crippen LogP contribution in [-0.4, -0.2) is 11.1 Å². The molecule has 1 fully saturated rings. The van der Waals surface area contributed by atoms with Gasteiger partial charge in [0.1, 0.15) is 6.61 Å². The third kappa shape index (κ3) is 5.63. The molecule has 3 aromatic rings. The van der Waals surface area contributed by atoms with Crippen LogP contribution < -0.4 is 10.1 Å². The minimum atomic E-state index is -0.241. The molecule has 4 rings (SSSR count). The van der Waals surface area contributed by atoms with Gasteiger partial charge in [-0.15, -0.1) is 0 Å². The molecule has 1 amide bonds. The van der Waals surface area contributed by atoms with Crippen molar-refractivity contribution in [3.63, 3.8) is 0 Å². The summed E-state index contributed by atoms with van der Waals surface area (Å²) in [7, 11) is 0. The van der Waals surface area contributed by atoms with E-state index in [1.807, 2.05) is 30.3 Å². The Hall–Kier alpha value is -2.44. The number of carbonyl (C=O) groups excluding carboxylic acids is 1. The Morgan fingerprint density at radius 2 is 1.65 bits per heavy atom. The predicted molar refractivity (Wildman–Crippen MR) is 129 cm³/mol. The van der Waals surface area contributed by atoms with E-state index < -0.39 is 0 Å². The van der Waals surface area contributed by atoms with Crippen LogP contribution >= 0.6 is 46.6 Å². The van der Waals surface area contributed by atoms with E-state index in [4.69, 9.17) is 39.5 Å². The smallest absolute Gasteiger partial charge is 0.264 e. The van der Waals surface area contributed by atoms with Crippen molar-refractivity contribution in [2.75, 3.05) is 0 Å². The van der Waals surface area contributed by atoms with Crippen molar-refractivity contribution in [2.24, 2.45) is 4.99 Å². The number of benzene rings is 3. The van der Waals surface area contributed by atoms with E-state index in [2.05, 4.69) is 10.3 Å². The lowest BCUT2D eigenvalue weighted by atomic mass is 10.2. The summed E-state index contributed by atoms with van der Waals surface area (Å²) >= 11 is 19.9. The van der Waals surface area contributed by atoms with Gasteiger partial charge in [0, 0.05) is 5.02 Å². The second kappa shape index (κ2) is 9.79. The fourth-order valence-corrected chi connectivity index (χ4v) is 4.38. The summed E-state index contributed by atoms with van der Waals surface area (Å²) in [6.45, 7) is 0.351. The number of halogens is 3. The molecule has 1 saturated heterocycles. The lowest BCUT2D eigenvalue weighted by molar-refractivity contribution is -0.115. The van der Waals surface area contributed by atoms with Crippen LogP contribution in [0, 0.1) is 0 Å². The average molecular weight is 490 g/mol. The molecule has 156 valence electrons. The SMILES string of the molecule is O=C1NC(=Nc2ccc(Cl)cc2)S/C1=C\c1cc(Cl)c(OCc2ccccc2)c(Cl)c1. The molecule has 31 heavy (non-hydrogen) atoms. The molecule has 0 aliphatic carbocycles. The topological polar surface area (TPSA) is 50.7 Å². The van der Waals surface area contributed by atoms with Crippen LogP contribution in [0.1, 0.15) is 11.1 Å². The van der Waals surface area contributed by atoms with Gasteiger partial charge in [-0.1, -0.05) is 65.1 Å². The summed E-state index contributed by atoms with van der Waals surface area (Å²) in [5.41, 5.74) is 2.39. The van der Waals surface area contributed by atoms with Crippen molar-refractivity contribution >= 4 is 69.4 Å². The molecule has 0 bridgehead atoms. The van der Waals surface area contributed by atoms with E-state index in [0.717, 1.165) is 5.56 Å². The number of ether oxygens (including phenoxy) is 1. The largest absolute Gasteiger partial charge is 0.486 e. The molecular formula is C23H15Cl3N2O2S. The quantitative estimate of drug-likeness (QED) is 0.388. The van der Waals surface area contributed by atoms with Gasteiger partial charge in [-0.2, -0.15) is 0 Å². The van der Waals surface area contributed by atoms with Gasteiger partial charge in [-0.25, -0.2) is 4.99 Å². The molecule has 1 aliphatic rings. The highest BCUT2D eigenvalue weighted by Crippen LogP contribution is 2.36. The van der Waals surface area contributed by atoms with Gasteiger partial charge in [0.25, 0.3) is 5.91 Å². The molecule has 0 radical (unpaired) electrons. The van der Waals surface area contributed by atoms with Crippen LogP contribution in [-0.2, 0) is 11.4 Å². The Bertz CT molecular complexity index is 1160. The van der Waals surface area contributed by atoms with Crippen molar-refractivity contribution in [3.05, 3.63) is 97.8 Å². The number of amidine groups is 1. The molecule has 8 heteroatoms. The molecule has 0 unspecified atom stereocenters. The third-order valence-electron chi connectivity index (χ3n) is 4.25. The normalized spacial score (nSPS) is 16.0. The van der Waals surface area contributed by atoms with Crippen LogP contribution in [0.3, 0.4) is 0 Å². The monoisotopic (exact) mass is 488 g/mol. The summed E-state index contributed by atoms with van der Waals surface area (Å²) in [5.74, 6) is 0.164. The minimum Gasteiger partial charge on any atom is -0.486 e. The maximum absolute atomic E-state index is 12.3. The van der Waals surface area contributed by atoms with Gasteiger partial charge in [0.2, 0.25) is 0 Å². The number of hydrogen-bond donors (Lipinski definition) is 1. The van der Waals surface area contributed by atoms with Crippen molar-refractivity contribution in [2.45, 2.75) is 6.61 Å². The summed E-state index contributed by atoms with van der Waals surface area (Å²) < 4.78 is 5.79. The number of hydrogen-bond acceptors (Lipinski definition) is 4. The molecule has 1 aliphatic heterocycles. The van der Waals surface area contributed by atoms with Crippen LogP contribution in [0.2, 0.25) is 15.1 Å². The molecule has 0 saturated carbocycles. The molecule has 3 aromatic carbocycles. The van der Waals surface area contributed by atoms with Crippen LogP contribution in [0.5, 0.6) is 5.75 Å². The molecule has 0 spiro atoms. The molecule has 0 atom stereocenters. The van der Waals surface area contributed by atoms with E-state index in [1.54, 1.807) is 42.5 Å². The second-order valence-electron chi connectivity index (χ2n) is 6.55. The summed E-state index contributed by atoms with van der Waals surface area (Å²) in [6, 6.07) is 20.2. The lowest BCUT2D eigenvalue weighted by Gasteiger charge is -2.11. The number of rotatable bonds is 5. The first-order valence-corrected chi connectivity index (χ1v) is 11.1. The number of carbonyl (C=O) groups is 1.